The van der Waals surface area contributed by atoms with Gasteiger partial charge in [-0.05, 0) is 38.0 Å². The molecule has 0 fully saturated rings. The van der Waals surface area contributed by atoms with Crippen LogP contribution in [-0.4, -0.2) is 30.9 Å². The fourth-order valence-electron chi connectivity index (χ4n) is 3.49. The fraction of sp³-hybridized carbons (Fsp3) is 0.240. The van der Waals surface area contributed by atoms with Gasteiger partial charge in [0, 0.05) is 23.4 Å². The summed E-state index contributed by atoms with van der Waals surface area (Å²) in [5.74, 6) is -0.565. The average molecular weight is 466 g/mol. The first kappa shape index (κ1) is 24.0. The van der Waals surface area contributed by atoms with E-state index in [2.05, 4.69) is 10.6 Å². The Morgan fingerprint density at radius 3 is 2.42 bits per heavy atom. The van der Waals surface area contributed by atoms with E-state index in [4.69, 9.17) is 10.5 Å². The molecule has 0 radical (unpaired) electrons. The highest BCUT2D eigenvalue weighted by Gasteiger charge is 2.22. The molecule has 0 atom stereocenters. The van der Waals surface area contributed by atoms with Crippen LogP contribution in [0, 0.1) is 6.92 Å². The number of nitrogens with one attached hydrogen (secondary N) is 2. The van der Waals surface area contributed by atoms with Gasteiger partial charge < -0.3 is 21.1 Å². The number of rotatable bonds is 10. The van der Waals surface area contributed by atoms with Crippen LogP contribution in [0.5, 0.6) is 5.75 Å². The molecule has 1 aromatic heterocycles. The number of carbonyl (C=O) groups excluding carboxylic acids is 3. The Morgan fingerprint density at radius 2 is 1.73 bits per heavy atom. The lowest BCUT2D eigenvalue weighted by Crippen LogP contribution is -2.26. The number of hydrogen-bond acceptors (Lipinski definition) is 5. The molecule has 33 heavy (non-hydrogen) atoms. The number of carbonyl (C=O) groups is 3. The van der Waals surface area contributed by atoms with Crippen molar-refractivity contribution < 1.29 is 19.1 Å². The molecular weight excluding hydrogens is 438 g/mol. The lowest BCUT2D eigenvalue weighted by molar-refractivity contribution is -0.116. The van der Waals surface area contributed by atoms with Crippen LogP contribution in [0.4, 0.5) is 5.00 Å². The van der Waals surface area contributed by atoms with Crippen molar-refractivity contribution in [2.24, 2.45) is 5.73 Å². The topological polar surface area (TPSA) is 111 Å². The van der Waals surface area contributed by atoms with Gasteiger partial charge in [-0.2, -0.15) is 0 Å². The van der Waals surface area contributed by atoms with Crippen molar-refractivity contribution in [1.82, 2.24) is 5.32 Å². The third kappa shape index (κ3) is 5.98. The summed E-state index contributed by atoms with van der Waals surface area (Å²) in [5, 5.41) is 6.07. The lowest BCUT2D eigenvalue weighted by Gasteiger charge is -2.10. The lowest BCUT2D eigenvalue weighted by atomic mass is 10.0. The van der Waals surface area contributed by atoms with Crippen molar-refractivity contribution in [1.29, 1.82) is 0 Å². The van der Waals surface area contributed by atoms with Crippen molar-refractivity contribution in [3.8, 4) is 16.9 Å². The van der Waals surface area contributed by atoms with Crippen molar-refractivity contribution in [3.05, 3.63) is 70.6 Å². The van der Waals surface area contributed by atoms with Gasteiger partial charge in [-0.1, -0.05) is 42.5 Å². The summed E-state index contributed by atoms with van der Waals surface area (Å²) in [6.07, 6.45) is 0.624. The highest BCUT2D eigenvalue weighted by atomic mass is 32.1. The van der Waals surface area contributed by atoms with Gasteiger partial charge in [-0.15, -0.1) is 11.3 Å². The fourth-order valence-corrected chi connectivity index (χ4v) is 4.59. The molecule has 7 nitrogen and oxygen atoms in total. The van der Waals surface area contributed by atoms with Crippen LogP contribution >= 0.6 is 11.3 Å². The molecule has 8 heteroatoms. The minimum Gasteiger partial charge on any atom is -0.493 e. The van der Waals surface area contributed by atoms with Gasteiger partial charge in [0.2, 0.25) is 5.91 Å². The summed E-state index contributed by atoms with van der Waals surface area (Å²) in [5.41, 5.74) is 8.03. The number of para-hydroxylation sites is 1. The third-order valence-electron chi connectivity index (χ3n) is 4.94. The van der Waals surface area contributed by atoms with Gasteiger partial charge in [0.05, 0.1) is 17.7 Å². The molecule has 0 saturated carbocycles. The van der Waals surface area contributed by atoms with Gasteiger partial charge in [-0.25, -0.2) is 0 Å². The number of aryl methyl sites for hydroxylation is 1. The molecule has 1 heterocycles. The van der Waals surface area contributed by atoms with Crippen molar-refractivity contribution in [2.45, 2.75) is 26.7 Å². The van der Waals surface area contributed by atoms with E-state index in [1.54, 1.807) is 18.2 Å². The van der Waals surface area contributed by atoms with Crippen LogP contribution in [-0.2, 0) is 4.79 Å². The summed E-state index contributed by atoms with van der Waals surface area (Å²) in [4.78, 5) is 38.0. The molecule has 0 bridgehead atoms. The molecule has 4 N–H and O–H groups in total. The number of primary amides is 1. The zero-order valence-corrected chi connectivity index (χ0v) is 19.5. The molecule has 0 saturated heterocycles. The Kier molecular flexibility index (Phi) is 8.21. The highest BCUT2D eigenvalue weighted by molar-refractivity contribution is 7.17. The summed E-state index contributed by atoms with van der Waals surface area (Å²) in [6, 6.07) is 16.5. The second kappa shape index (κ2) is 11.3. The number of nitrogens with two attached hydrogens (primary N) is 1. The minimum atomic E-state index is -0.589. The first-order valence-corrected chi connectivity index (χ1v) is 11.5. The van der Waals surface area contributed by atoms with E-state index in [1.807, 2.05) is 50.2 Å². The van der Waals surface area contributed by atoms with Crippen molar-refractivity contribution >= 4 is 34.1 Å². The van der Waals surface area contributed by atoms with E-state index < -0.39 is 5.91 Å². The molecule has 0 aliphatic carbocycles. The number of ether oxygens (including phenoxy) is 1. The third-order valence-corrected chi connectivity index (χ3v) is 5.96. The normalized spacial score (nSPS) is 10.5. The van der Waals surface area contributed by atoms with Crippen molar-refractivity contribution in [2.75, 3.05) is 18.5 Å². The van der Waals surface area contributed by atoms with Crippen LogP contribution in [0.25, 0.3) is 11.1 Å². The molecule has 2 aromatic carbocycles. The van der Waals surface area contributed by atoms with Crippen LogP contribution in [0.1, 0.15) is 45.4 Å². The summed E-state index contributed by atoms with van der Waals surface area (Å²) < 4.78 is 5.48. The largest absolute Gasteiger partial charge is 0.493 e. The number of anilines is 1. The second-order valence-corrected chi connectivity index (χ2v) is 8.53. The molecule has 0 spiro atoms. The molecular formula is C25H27N3O4S. The second-order valence-electron chi connectivity index (χ2n) is 7.30. The minimum absolute atomic E-state index is 0.184. The number of benzene rings is 2. The first-order valence-electron chi connectivity index (χ1n) is 10.7. The summed E-state index contributed by atoms with van der Waals surface area (Å²) in [7, 11) is 0. The molecule has 0 aliphatic heterocycles. The van der Waals surface area contributed by atoms with E-state index in [9.17, 15) is 14.4 Å². The van der Waals surface area contributed by atoms with Gasteiger partial charge >= 0.3 is 0 Å². The van der Waals surface area contributed by atoms with Crippen LogP contribution in [0.3, 0.4) is 0 Å². The van der Waals surface area contributed by atoms with E-state index in [0.717, 1.165) is 16.0 Å². The Bertz CT molecular complexity index is 1140. The molecule has 3 amide bonds. The molecule has 172 valence electrons. The standard InChI is InChI=1S/C25H27N3O4S/c1-3-32-19-13-8-7-12-18(19)24(31)27-15-9-14-20(29)28-25-22(23(26)30)21(16(2)33-25)17-10-5-4-6-11-17/h4-8,10-13H,3,9,14-15H2,1-2H3,(H2,26,30)(H,27,31)(H,28,29). The Hall–Kier alpha value is -3.65. The van der Waals surface area contributed by atoms with Gasteiger partial charge in [0.15, 0.2) is 0 Å². The van der Waals surface area contributed by atoms with Crippen molar-refractivity contribution in [3.63, 3.8) is 0 Å². The van der Waals surface area contributed by atoms with Crippen LogP contribution < -0.4 is 21.1 Å². The van der Waals surface area contributed by atoms with Gasteiger partial charge in [0.1, 0.15) is 10.8 Å². The number of hydrogen-bond donors (Lipinski definition) is 3. The Labute approximate surface area is 197 Å². The predicted octanol–water partition coefficient (Wildman–Crippen LogP) is 4.37. The number of thiophene rings is 1. The maximum absolute atomic E-state index is 12.5. The SMILES string of the molecule is CCOc1ccccc1C(=O)NCCCC(=O)Nc1sc(C)c(-c2ccccc2)c1C(N)=O. The smallest absolute Gasteiger partial charge is 0.255 e. The quantitative estimate of drug-likeness (QED) is 0.386. The van der Waals surface area contributed by atoms with Gasteiger partial charge in [0.25, 0.3) is 11.8 Å². The molecule has 0 unspecified atom stereocenters. The predicted molar refractivity (Wildman–Crippen MR) is 131 cm³/mol. The van der Waals surface area contributed by atoms with Crippen LogP contribution in [0.2, 0.25) is 0 Å². The summed E-state index contributed by atoms with van der Waals surface area (Å²) >= 11 is 1.32. The molecule has 3 aromatic rings. The zero-order chi connectivity index (χ0) is 23.8. The van der Waals surface area contributed by atoms with E-state index in [1.165, 1.54) is 11.3 Å². The monoisotopic (exact) mass is 465 g/mol. The number of amides is 3. The van der Waals surface area contributed by atoms with E-state index in [-0.39, 0.29) is 18.2 Å². The summed E-state index contributed by atoms with van der Waals surface area (Å²) in [6.45, 7) is 4.54. The zero-order valence-electron chi connectivity index (χ0n) is 18.6. The molecule has 3 rings (SSSR count). The first-order chi connectivity index (χ1) is 15.9. The highest BCUT2D eigenvalue weighted by Crippen LogP contribution is 2.39. The molecule has 0 aliphatic rings. The average Bonchev–Trinajstić information content (AvgIpc) is 3.13. The van der Waals surface area contributed by atoms with E-state index >= 15 is 0 Å². The maximum atomic E-state index is 12.5. The van der Waals surface area contributed by atoms with Crippen LogP contribution in [0.15, 0.2) is 54.6 Å². The van der Waals surface area contributed by atoms with Gasteiger partial charge in [-0.3, -0.25) is 14.4 Å². The Morgan fingerprint density at radius 1 is 1.03 bits per heavy atom. The van der Waals surface area contributed by atoms with E-state index in [0.29, 0.717) is 41.4 Å². The Balaban J connectivity index is 1.59. The maximum Gasteiger partial charge on any atom is 0.255 e.